The van der Waals surface area contributed by atoms with Gasteiger partial charge in [-0.1, -0.05) is 12.2 Å². The van der Waals surface area contributed by atoms with Gasteiger partial charge in [0.2, 0.25) is 0 Å². The van der Waals surface area contributed by atoms with Crippen molar-refractivity contribution < 1.29 is 9.84 Å². The lowest BCUT2D eigenvalue weighted by atomic mass is 10.3. The number of aliphatic hydroxyl groups is 1. The highest BCUT2D eigenvalue weighted by Crippen LogP contribution is 1.98. The van der Waals surface area contributed by atoms with E-state index in [0.29, 0.717) is 12.2 Å². The molecule has 1 atom stereocenters. The van der Waals surface area contributed by atoms with Crippen LogP contribution >= 0.6 is 0 Å². The summed E-state index contributed by atoms with van der Waals surface area (Å²) in [5.74, 6) is 0.393. The average molecular weight is 156 g/mol. The summed E-state index contributed by atoms with van der Waals surface area (Å²) < 4.78 is 4.98. The number of ether oxygens (including phenoxy) is 1. The third-order valence-electron chi connectivity index (χ3n) is 1.44. The zero-order valence-corrected chi connectivity index (χ0v) is 7.37. The first-order chi connectivity index (χ1) is 5.20. The van der Waals surface area contributed by atoms with E-state index in [1.54, 1.807) is 13.2 Å². The van der Waals surface area contributed by atoms with Crippen molar-refractivity contribution in [2.75, 3.05) is 7.11 Å². The van der Waals surface area contributed by atoms with Gasteiger partial charge in [-0.3, -0.25) is 0 Å². The predicted molar refractivity (Wildman–Crippen MR) is 46.6 cm³/mol. The zero-order chi connectivity index (χ0) is 8.69. The Labute approximate surface area is 68.2 Å². The molecule has 0 bridgehead atoms. The first-order valence-electron chi connectivity index (χ1n) is 3.74. The van der Waals surface area contributed by atoms with E-state index in [9.17, 15) is 0 Å². The van der Waals surface area contributed by atoms with Crippen LogP contribution in [0.15, 0.2) is 24.0 Å². The minimum absolute atomic E-state index is 0.125. The molecular formula is C9H16O2. The van der Waals surface area contributed by atoms with Crippen molar-refractivity contribution in [3.63, 3.8) is 0 Å². The SMILES string of the molecule is C/C=C(/O)C/C=C\C(C)OC. The molecule has 0 amide bonds. The van der Waals surface area contributed by atoms with Crippen LogP contribution in [0.5, 0.6) is 0 Å². The minimum atomic E-state index is 0.125. The van der Waals surface area contributed by atoms with Gasteiger partial charge in [0.1, 0.15) is 0 Å². The first kappa shape index (κ1) is 10.2. The van der Waals surface area contributed by atoms with Crippen molar-refractivity contribution in [2.45, 2.75) is 26.4 Å². The Balaban J connectivity index is 3.60. The molecule has 64 valence electrons. The second-order valence-corrected chi connectivity index (χ2v) is 2.35. The predicted octanol–water partition coefficient (Wildman–Crippen LogP) is 2.43. The molecule has 0 aromatic rings. The molecule has 1 N–H and O–H groups in total. The highest BCUT2D eigenvalue weighted by Gasteiger charge is 1.90. The van der Waals surface area contributed by atoms with Gasteiger partial charge in [0.05, 0.1) is 11.9 Å². The Kier molecular flexibility index (Phi) is 5.57. The molecule has 0 fully saturated rings. The van der Waals surface area contributed by atoms with Crippen molar-refractivity contribution >= 4 is 0 Å². The van der Waals surface area contributed by atoms with Crippen molar-refractivity contribution in [3.8, 4) is 0 Å². The minimum Gasteiger partial charge on any atom is -0.512 e. The number of hydrogen-bond donors (Lipinski definition) is 1. The molecule has 0 radical (unpaired) electrons. The van der Waals surface area contributed by atoms with Crippen molar-refractivity contribution in [1.82, 2.24) is 0 Å². The maximum atomic E-state index is 9.01. The molecule has 1 unspecified atom stereocenters. The van der Waals surface area contributed by atoms with Gasteiger partial charge in [-0.2, -0.15) is 0 Å². The molecular weight excluding hydrogens is 140 g/mol. The number of hydrogen-bond acceptors (Lipinski definition) is 2. The highest BCUT2D eigenvalue weighted by molar-refractivity contribution is 4.99. The van der Waals surface area contributed by atoms with E-state index in [2.05, 4.69) is 0 Å². The van der Waals surface area contributed by atoms with Crippen LogP contribution in [0.4, 0.5) is 0 Å². The molecule has 0 spiro atoms. The van der Waals surface area contributed by atoms with Crippen molar-refractivity contribution in [1.29, 1.82) is 0 Å². The lowest BCUT2D eigenvalue weighted by Gasteiger charge is -2.00. The lowest BCUT2D eigenvalue weighted by Crippen LogP contribution is -1.98. The second kappa shape index (κ2) is 5.98. The Morgan fingerprint density at radius 2 is 2.27 bits per heavy atom. The van der Waals surface area contributed by atoms with Gasteiger partial charge in [-0.05, 0) is 19.9 Å². The number of methoxy groups -OCH3 is 1. The number of aliphatic hydroxyl groups excluding tert-OH is 1. The summed E-state index contributed by atoms with van der Waals surface area (Å²) in [5, 5.41) is 9.01. The fraction of sp³-hybridized carbons (Fsp3) is 0.556. The van der Waals surface area contributed by atoms with Crippen LogP contribution in [-0.2, 0) is 4.74 Å². The van der Waals surface area contributed by atoms with Gasteiger partial charge in [0.15, 0.2) is 0 Å². The van der Waals surface area contributed by atoms with Crippen LogP contribution in [0.25, 0.3) is 0 Å². The number of rotatable bonds is 4. The van der Waals surface area contributed by atoms with E-state index >= 15 is 0 Å². The maximum absolute atomic E-state index is 9.01. The van der Waals surface area contributed by atoms with Gasteiger partial charge >= 0.3 is 0 Å². The van der Waals surface area contributed by atoms with Crippen LogP contribution in [0.3, 0.4) is 0 Å². The third kappa shape index (κ3) is 5.67. The summed E-state index contributed by atoms with van der Waals surface area (Å²) in [6, 6.07) is 0. The van der Waals surface area contributed by atoms with Gasteiger partial charge in [0, 0.05) is 13.5 Å². The van der Waals surface area contributed by atoms with Crippen LogP contribution in [0.2, 0.25) is 0 Å². The fourth-order valence-corrected chi connectivity index (χ4v) is 0.577. The molecule has 0 aromatic carbocycles. The van der Waals surface area contributed by atoms with E-state index in [0.717, 1.165) is 0 Å². The third-order valence-corrected chi connectivity index (χ3v) is 1.44. The van der Waals surface area contributed by atoms with Gasteiger partial charge in [0.25, 0.3) is 0 Å². The lowest BCUT2D eigenvalue weighted by molar-refractivity contribution is 0.156. The molecule has 0 saturated heterocycles. The maximum Gasteiger partial charge on any atom is 0.0917 e. The van der Waals surface area contributed by atoms with Gasteiger partial charge in [-0.25, -0.2) is 0 Å². The Hall–Kier alpha value is -0.760. The molecule has 2 heteroatoms. The average Bonchev–Trinajstić information content (AvgIpc) is 2.04. The van der Waals surface area contributed by atoms with Gasteiger partial charge in [-0.15, -0.1) is 0 Å². The Bertz CT molecular complexity index is 148. The van der Waals surface area contributed by atoms with E-state index in [-0.39, 0.29) is 6.10 Å². The van der Waals surface area contributed by atoms with Crippen molar-refractivity contribution in [2.24, 2.45) is 0 Å². The van der Waals surface area contributed by atoms with Crippen LogP contribution in [0.1, 0.15) is 20.3 Å². The van der Waals surface area contributed by atoms with E-state index in [1.165, 1.54) is 0 Å². The molecule has 2 nitrogen and oxygen atoms in total. The normalized spacial score (nSPS) is 15.7. The first-order valence-corrected chi connectivity index (χ1v) is 3.74. The monoisotopic (exact) mass is 156 g/mol. The Morgan fingerprint density at radius 1 is 1.64 bits per heavy atom. The summed E-state index contributed by atoms with van der Waals surface area (Å²) in [7, 11) is 1.66. The van der Waals surface area contributed by atoms with E-state index in [1.807, 2.05) is 26.0 Å². The zero-order valence-electron chi connectivity index (χ0n) is 7.37. The fourth-order valence-electron chi connectivity index (χ4n) is 0.577. The smallest absolute Gasteiger partial charge is 0.0917 e. The molecule has 0 heterocycles. The molecule has 0 aliphatic rings. The summed E-state index contributed by atoms with van der Waals surface area (Å²) in [6.07, 6.45) is 6.20. The summed E-state index contributed by atoms with van der Waals surface area (Å²) >= 11 is 0. The van der Waals surface area contributed by atoms with Crippen LogP contribution < -0.4 is 0 Å². The van der Waals surface area contributed by atoms with E-state index in [4.69, 9.17) is 9.84 Å². The molecule has 11 heavy (non-hydrogen) atoms. The molecule has 0 rings (SSSR count). The molecule has 0 aliphatic carbocycles. The largest absolute Gasteiger partial charge is 0.512 e. The van der Waals surface area contributed by atoms with Crippen LogP contribution in [-0.4, -0.2) is 18.3 Å². The highest BCUT2D eigenvalue weighted by atomic mass is 16.5. The number of allylic oxidation sites excluding steroid dienone is 2. The Morgan fingerprint density at radius 3 is 2.73 bits per heavy atom. The molecule has 0 aromatic heterocycles. The summed E-state index contributed by atoms with van der Waals surface area (Å²) in [5.41, 5.74) is 0. The standard InChI is InChI=1S/C9H16O2/c1-4-9(10)7-5-6-8(2)11-3/h4-6,8,10H,7H2,1-3H3/b6-5-,9-4+. The quantitative estimate of drug-likeness (QED) is 0.500. The second-order valence-electron chi connectivity index (χ2n) is 2.35. The molecule has 0 saturated carbocycles. The molecule has 0 aliphatic heterocycles. The van der Waals surface area contributed by atoms with Crippen LogP contribution in [0, 0.1) is 0 Å². The van der Waals surface area contributed by atoms with Crippen molar-refractivity contribution in [3.05, 3.63) is 24.0 Å². The van der Waals surface area contributed by atoms with Gasteiger partial charge < -0.3 is 9.84 Å². The van der Waals surface area contributed by atoms with E-state index < -0.39 is 0 Å². The summed E-state index contributed by atoms with van der Waals surface area (Å²) in [6.45, 7) is 3.76. The summed E-state index contributed by atoms with van der Waals surface area (Å²) in [4.78, 5) is 0. The topological polar surface area (TPSA) is 29.5 Å².